The maximum absolute atomic E-state index is 11.3. The SMILES string of the molecule is CN(Cc1cnn(C)c1)CC1(C=O)CCCC1. The largest absolute Gasteiger partial charge is 0.303 e. The van der Waals surface area contributed by atoms with Crippen molar-refractivity contribution in [3.05, 3.63) is 18.0 Å². The van der Waals surface area contributed by atoms with Gasteiger partial charge in [0.15, 0.2) is 0 Å². The predicted molar refractivity (Wildman–Crippen MR) is 66.5 cm³/mol. The molecule has 1 aliphatic carbocycles. The number of carbonyl (C=O) groups is 1. The lowest BCUT2D eigenvalue weighted by molar-refractivity contribution is -0.116. The van der Waals surface area contributed by atoms with E-state index in [4.69, 9.17) is 0 Å². The minimum absolute atomic E-state index is 0.0864. The van der Waals surface area contributed by atoms with E-state index in [1.54, 1.807) is 0 Å². The maximum Gasteiger partial charge on any atom is 0.127 e. The molecule has 0 saturated heterocycles. The number of aldehydes is 1. The summed E-state index contributed by atoms with van der Waals surface area (Å²) >= 11 is 0. The van der Waals surface area contributed by atoms with Gasteiger partial charge in [-0.05, 0) is 19.9 Å². The van der Waals surface area contributed by atoms with Gasteiger partial charge in [0, 0.05) is 37.3 Å². The van der Waals surface area contributed by atoms with Gasteiger partial charge in [0.1, 0.15) is 6.29 Å². The molecule has 1 saturated carbocycles. The lowest BCUT2D eigenvalue weighted by atomic mass is 9.87. The van der Waals surface area contributed by atoms with Gasteiger partial charge >= 0.3 is 0 Å². The third-order valence-electron chi connectivity index (χ3n) is 3.64. The fourth-order valence-corrected chi connectivity index (χ4v) is 2.85. The zero-order valence-corrected chi connectivity index (χ0v) is 10.7. The van der Waals surface area contributed by atoms with E-state index in [-0.39, 0.29) is 5.41 Å². The second kappa shape index (κ2) is 5.00. The zero-order chi connectivity index (χ0) is 12.3. The van der Waals surface area contributed by atoms with Crippen LogP contribution in [0.4, 0.5) is 0 Å². The molecule has 1 aromatic heterocycles. The summed E-state index contributed by atoms with van der Waals surface area (Å²) in [4.78, 5) is 13.5. The van der Waals surface area contributed by atoms with E-state index >= 15 is 0 Å². The fourth-order valence-electron chi connectivity index (χ4n) is 2.85. The minimum Gasteiger partial charge on any atom is -0.303 e. The number of carbonyl (C=O) groups excluding carboxylic acids is 1. The predicted octanol–water partition coefficient (Wildman–Crippen LogP) is 1.61. The summed E-state index contributed by atoms with van der Waals surface area (Å²) in [6.07, 6.45) is 9.58. The molecule has 0 aromatic carbocycles. The van der Waals surface area contributed by atoms with Crippen LogP contribution in [0.15, 0.2) is 12.4 Å². The summed E-state index contributed by atoms with van der Waals surface area (Å²) in [5, 5.41) is 4.16. The molecule has 94 valence electrons. The van der Waals surface area contributed by atoms with Crippen molar-refractivity contribution in [3.8, 4) is 0 Å². The molecule has 0 aliphatic heterocycles. The van der Waals surface area contributed by atoms with E-state index in [1.807, 2.05) is 24.1 Å². The fraction of sp³-hybridized carbons (Fsp3) is 0.692. The Balaban J connectivity index is 1.92. The van der Waals surface area contributed by atoms with Crippen molar-refractivity contribution in [2.45, 2.75) is 32.2 Å². The number of nitrogens with zero attached hydrogens (tertiary/aromatic N) is 3. The first-order valence-corrected chi connectivity index (χ1v) is 6.26. The third kappa shape index (κ3) is 2.94. The average molecular weight is 235 g/mol. The van der Waals surface area contributed by atoms with Crippen LogP contribution < -0.4 is 0 Å². The van der Waals surface area contributed by atoms with Gasteiger partial charge in [-0.1, -0.05) is 12.8 Å². The smallest absolute Gasteiger partial charge is 0.127 e. The van der Waals surface area contributed by atoms with Gasteiger partial charge in [-0.3, -0.25) is 4.68 Å². The number of rotatable bonds is 5. The van der Waals surface area contributed by atoms with Gasteiger partial charge < -0.3 is 9.69 Å². The van der Waals surface area contributed by atoms with E-state index in [9.17, 15) is 4.79 Å². The quantitative estimate of drug-likeness (QED) is 0.728. The molecular formula is C13H21N3O. The Morgan fingerprint density at radius 3 is 2.76 bits per heavy atom. The molecule has 1 aromatic rings. The molecule has 17 heavy (non-hydrogen) atoms. The molecular weight excluding hydrogens is 214 g/mol. The van der Waals surface area contributed by atoms with Crippen LogP contribution in [0.25, 0.3) is 0 Å². The molecule has 1 heterocycles. The normalized spacial score (nSPS) is 18.8. The van der Waals surface area contributed by atoms with Gasteiger partial charge in [0.25, 0.3) is 0 Å². The minimum atomic E-state index is -0.0864. The Bertz CT molecular complexity index is 380. The lowest BCUT2D eigenvalue weighted by Crippen LogP contribution is -2.34. The van der Waals surface area contributed by atoms with Crippen molar-refractivity contribution < 1.29 is 4.79 Å². The molecule has 0 N–H and O–H groups in total. The van der Waals surface area contributed by atoms with Gasteiger partial charge in [-0.25, -0.2) is 0 Å². The summed E-state index contributed by atoms with van der Waals surface area (Å²) in [5.74, 6) is 0. The summed E-state index contributed by atoms with van der Waals surface area (Å²) in [6.45, 7) is 1.73. The van der Waals surface area contributed by atoms with Crippen molar-refractivity contribution >= 4 is 6.29 Å². The van der Waals surface area contributed by atoms with E-state index in [0.29, 0.717) is 0 Å². The van der Waals surface area contributed by atoms with Crippen LogP contribution >= 0.6 is 0 Å². The molecule has 1 fully saturated rings. The van der Waals surface area contributed by atoms with Crippen LogP contribution in [0.1, 0.15) is 31.2 Å². The van der Waals surface area contributed by atoms with Crippen molar-refractivity contribution in [1.29, 1.82) is 0 Å². The Labute approximate surface area is 103 Å². The number of hydrogen-bond acceptors (Lipinski definition) is 3. The topological polar surface area (TPSA) is 38.1 Å². The monoisotopic (exact) mass is 235 g/mol. The highest BCUT2D eigenvalue weighted by molar-refractivity contribution is 5.60. The Morgan fingerprint density at radius 2 is 2.24 bits per heavy atom. The lowest BCUT2D eigenvalue weighted by Gasteiger charge is -2.28. The van der Waals surface area contributed by atoms with E-state index in [1.165, 1.54) is 24.7 Å². The van der Waals surface area contributed by atoms with Crippen LogP contribution in [-0.2, 0) is 18.4 Å². The molecule has 0 bridgehead atoms. The summed E-state index contributed by atoms with van der Waals surface area (Å²) in [6, 6.07) is 0. The summed E-state index contributed by atoms with van der Waals surface area (Å²) in [5.41, 5.74) is 1.12. The van der Waals surface area contributed by atoms with Crippen molar-refractivity contribution in [2.75, 3.05) is 13.6 Å². The van der Waals surface area contributed by atoms with Crippen molar-refractivity contribution in [2.24, 2.45) is 12.5 Å². The first-order chi connectivity index (χ1) is 8.13. The van der Waals surface area contributed by atoms with Gasteiger partial charge in [0.2, 0.25) is 0 Å². The Kier molecular flexibility index (Phi) is 3.62. The second-order valence-electron chi connectivity index (χ2n) is 5.38. The highest BCUT2D eigenvalue weighted by Gasteiger charge is 2.34. The van der Waals surface area contributed by atoms with Crippen LogP contribution in [0.3, 0.4) is 0 Å². The Hall–Kier alpha value is -1.16. The first kappa shape index (κ1) is 12.3. The molecule has 4 nitrogen and oxygen atoms in total. The summed E-state index contributed by atoms with van der Waals surface area (Å²) in [7, 11) is 4.00. The summed E-state index contributed by atoms with van der Waals surface area (Å²) < 4.78 is 1.81. The van der Waals surface area contributed by atoms with Gasteiger partial charge in [0.05, 0.1) is 6.20 Å². The van der Waals surface area contributed by atoms with Crippen LogP contribution in [-0.4, -0.2) is 34.6 Å². The van der Waals surface area contributed by atoms with E-state index in [2.05, 4.69) is 17.0 Å². The molecule has 0 atom stereocenters. The average Bonchev–Trinajstić information content (AvgIpc) is 2.89. The van der Waals surface area contributed by atoms with Crippen LogP contribution in [0.2, 0.25) is 0 Å². The molecule has 0 radical (unpaired) electrons. The molecule has 0 spiro atoms. The number of hydrogen-bond donors (Lipinski definition) is 0. The van der Waals surface area contributed by atoms with Crippen LogP contribution in [0.5, 0.6) is 0 Å². The number of aryl methyl sites for hydroxylation is 1. The van der Waals surface area contributed by atoms with Crippen molar-refractivity contribution in [1.82, 2.24) is 14.7 Å². The van der Waals surface area contributed by atoms with E-state index < -0.39 is 0 Å². The third-order valence-corrected chi connectivity index (χ3v) is 3.64. The van der Waals surface area contributed by atoms with Crippen LogP contribution in [0, 0.1) is 5.41 Å². The van der Waals surface area contributed by atoms with Crippen molar-refractivity contribution in [3.63, 3.8) is 0 Å². The van der Waals surface area contributed by atoms with Gasteiger partial charge in [-0.2, -0.15) is 5.10 Å². The zero-order valence-electron chi connectivity index (χ0n) is 10.7. The maximum atomic E-state index is 11.3. The second-order valence-corrected chi connectivity index (χ2v) is 5.38. The molecule has 1 aliphatic rings. The standard InChI is InChI=1S/C13H21N3O/c1-15(8-12-7-14-16(2)9-12)10-13(11-17)5-3-4-6-13/h7,9,11H,3-6,8,10H2,1-2H3. The molecule has 0 unspecified atom stereocenters. The number of aromatic nitrogens is 2. The molecule has 4 heteroatoms. The van der Waals surface area contributed by atoms with E-state index in [0.717, 1.165) is 25.9 Å². The van der Waals surface area contributed by atoms with Gasteiger partial charge in [-0.15, -0.1) is 0 Å². The Morgan fingerprint density at radius 1 is 1.53 bits per heavy atom. The molecule has 2 rings (SSSR count). The molecule has 0 amide bonds. The first-order valence-electron chi connectivity index (χ1n) is 6.26. The highest BCUT2D eigenvalue weighted by Crippen LogP contribution is 2.36. The highest BCUT2D eigenvalue weighted by atomic mass is 16.1.